The van der Waals surface area contributed by atoms with Crippen LogP contribution >= 0.6 is 11.6 Å². The average Bonchev–Trinajstić information content (AvgIpc) is 2.49. The smallest absolute Gasteiger partial charge is 0.0637 e. The first-order chi connectivity index (χ1) is 9.74. The lowest BCUT2D eigenvalue weighted by molar-refractivity contribution is 0.683. The summed E-state index contributed by atoms with van der Waals surface area (Å²) in [6.07, 6.45) is 5.12. The molecule has 0 saturated carbocycles. The van der Waals surface area contributed by atoms with E-state index in [0.717, 1.165) is 10.7 Å². The third kappa shape index (κ3) is 2.83. The van der Waals surface area contributed by atoms with Crippen molar-refractivity contribution in [3.05, 3.63) is 64.2 Å². The van der Waals surface area contributed by atoms with E-state index in [9.17, 15) is 0 Å². The SMILES string of the molecule is CC(Nc1ccccc1Cl)c1ccc2c(c1)CCCC2. The normalized spacial score (nSPS) is 15.5. The number of rotatable bonds is 3. The predicted molar refractivity (Wildman–Crippen MR) is 86.6 cm³/mol. The second-order valence-electron chi connectivity index (χ2n) is 5.58. The van der Waals surface area contributed by atoms with Crippen molar-refractivity contribution in [2.75, 3.05) is 5.32 Å². The Morgan fingerprint density at radius 2 is 1.75 bits per heavy atom. The van der Waals surface area contributed by atoms with Gasteiger partial charge in [0.15, 0.2) is 0 Å². The fourth-order valence-corrected chi connectivity index (χ4v) is 3.11. The molecule has 1 N–H and O–H groups in total. The number of aryl methyl sites for hydroxylation is 2. The van der Waals surface area contributed by atoms with Gasteiger partial charge >= 0.3 is 0 Å². The molecule has 0 bridgehead atoms. The zero-order valence-electron chi connectivity index (χ0n) is 11.8. The maximum atomic E-state index is 6.21. The molecule has 1 nitrogen and oxygen atoms in total. The Morgan fingerprint density at radius 1 is 1.00 bits per heavy atom. The Balaban J connectivity index is 1.80. The van der Waals surface area contributed by atoms with Crippen molar-refractivity contribution in [1.82, 2.24) is 0 Å². The van der Waals surface area contributed by atoms with Crippen LogP contribution in [0.15, 0.2) is 42.5 Å². The molecule has 2 aromatic rings. The van der Waals surface area contributed by atoms with Gasteiger partial charge in [-0.2, -0.15) is 0 Å². The molecule has 0 aliphatic heterocycles. The van der Waals surface area contributed by atoms with Crippen LogP contribution < -0.4 is 5.32 Å². The summed E-state index contributed by atoms with van der Waals surface area (Å²) >= 11 is 6.21. The lowest BCUT2D eigenvalue weighted by Crippen LogP contribution is -2.09. The van der Waals surface area contributed by atoms with Crippen LogP contribution in [0.3, 0.4) is 0 Å². The molecule has 1 aliphatic carbocycles. The molecule has 0 fully saturated rings. The number of fused-ring (bicyclic) bond motifs is 1. The summed E-state index contributed by atoms with van der Waals surface area (Å²) in [6.45, 7) is 2.19. The van der Waals surface area contributed by atoms with Crippen LogP contribution in [-0.2, 0) is 12.8 Å². The minimum Gasteiger partial charge on any atom is -0.377 e. The van der Waals surface area contributed by atoms with Crippen LogP contribution in [0.2, 0.25) is 5.02 Å². The standard InChI is InChI=1S/C18H20ClN/c1-13(20-18-9-5-4-8-17(18)19)15-11-10-14-6-2-3-7-16(14)12-15/h4-5,8-13,20H,2-3,6-7H2,1H3. The maximum Gasteiger partial charge on any atom is 0.0637 e. The topological polar surface area (TPSA) is 12.0 Å². The highest BCUT2D eigenvalue weighted by Gasteiger charge is 2.13. The summed E-state index contributed by atoms with van der Waals surface area (Å²) in [5, 5.41) is 4.28. The van der Waals surface area contributed by atoms with Gasteiger partial charge in [0.25, 0.3) is 0 Å². The highest BCUT2D eigenvalue weighted by atomic mass is 35.5. The molecule has 0 aromatic heterocycles. The number of benzene rings is 2. The summed E-state index contributed by atoms with van der Waals surface area (Å²) in [4.78, 5) is 0. The molecule has 20 heavy (non-hydrogen) atoms. The Morgan fingerprint density at radius 3 is 2.55 bits per heavy atom. The Kier molecular flexibility index (Phi) is 3.98. The second kappa shape index (κ2) is 5.88. The van der Waals surface area contributed by atoms with Gasteiger partial charge in [-0.25, -0.2) is 0 Å². The second-order valence-corrected chi connectivity index (χ2v) is 5.99. The molecule has 3 rings (SSSR count). The highest BCUT2D eigenvalue weighted by molar-refractivity contribution is 6.33. The third-order valence-corrected chi connectivity index (χ3v) is 4.45. The first-order valence-corrected chi connectivity index (χ1v) is 7.74. The van der Waals surface area contributed by atoms with E-state index in [1.807, 2.05) is 24.3 Å². The van der Waals surface area contributed by atoms with Crippen LogP contribution in [0.4, 0.5) is 5.69 Å². The number of halogens is 1. The largest absolute Gasteiger partial charge is 0.377 e. The minimum absolute atomic E-state index is 0.266. The highest BCUT2D eigenvalue weighted by Crippen LogP contribution is 2.28. The van der Waals surface area contributed by atoms with Gasteiger partial charge in [-0.1, -0.05) is 41.9 Å². The van der Waals surface area contributed by atoms with Crippen molar-refractivity contribution in [2.24, 2.45) is 0 Å². The van der Waals surface area contributed by atoms with Crippen LogP contribution in [0.25, 0.3) is 0 Å². The van der Waals surface area contributed by atoms with E-state index in [-0.39, 0.29) is 6.04 Å². The molecule has 0 heterocycles. The Labute approximate surface area is 126 Å². The average molecular weight is 286 g/mol. The van der Waals surface area contributed by atoms with Gasteiger partial charge in [0.05, 0.1) is 10.7 Å². The number of hydrogen-bond acceptors (Lipinski definition) is 1. The first-order valence-electron chi connectivity index (χ1n) is 7.37. The van der Waals surface area contributed by atoms with Crippen LogP contribution in [0.5, 0.6) is 0 Å². The fourth-order valence-electron chi connectivity index (χ4n) is 2.92. The van der Waals surface area contributed by atoms with Crippen molar-refractivity contribution < 1.29 is 0 Å². The molecule has 1 atom stereocenters. The molecule has 0 amide bonds. The van der Waals surface area contributed by atoms with E-state index in [1.54, 1.807) is 0 Å². The molecule has 2 heteroatoms. The summed E-state index contributed by atoms with van der Waals surface area (Å²) in [5.41, 5.74) is 5.40. The van der Waals surface area contributed by atoms with Crippen LogP contribution in [0, 0.1) is 0 Å². The quantitative estimate of drug-likeness (QED) is 0.797. The Bertz CT molecular complexity index is 606. The minimum atomic E-state index is 0.266. The number of nitrogens with one attached hydrogen (secondary N) is 1. The van der Waals surface area contributed by atoms with Gasteiger partial charge < -0.3 is 5.32 Å². The number of hydrogen-bond donors (Lipinski definition) is 1. The van der Waals surface area contributed by atoms with E-state index < -0.39 is 0 Å². The summed E-state index contributed by atoms with van der Waals surface area (Å²) < 4.78 is 0. The summed E-state index contributed by atoms with van der Waals surface area (Å²) in [6, 6.07) is 15.1. The van der Waals surface area contributed by atoms with Crippen LogP contribution in [0.1, 0.15) is 42.5 Å². The molecule has 1 unspecified atom stereocenters. The zero-order chi connectivity index (χ0) is 13.9. The summed E-state index contributed by atoms with van der Waals surface area (Å²) in [5.74, 6) is 0. The number of anilines is 1. The van der Waals surface area contributed by atoms with E-state index >= 15 is 0 Å². The molecule has 0 radical (unpaired) electrons. The van der Waals surface area contributed by atoms with Gasteiger partial charge in [-0.15, -0.1) is 0 Å². The molecular weight excluding hydrogens is 266 g/mol. The van der Waals surface area contributed by atoms with Crippen molar-refractivity contribution in [3.63, 3.8) is 0 Å². The van der Waals surface area contributed by atoms with Crippen molar-refractivity contribution in [1.29, 1.82) is 0 Å². The van der Waals surface area contributed by atoms with Gasteiger partial charge in [0.2, 0.25) is 0 Å². The maximum absolute atomic E-state index is 6.21. The molecule has 0 saturated heterocycles. The number of para-hydroxylation sites is 1. The van der Waals surface area contributed by atoms with E-state index in [4.69, 9.17) is 11.6 Å². The van der Waals surface area contributed by atoms with E-state index in [2.05, 4.69) is 30.4 Å². The van der Waals surface area contributed by atoms with Gasteiger partial charge in [-0.05, 0) is 61.4 Å². The van der Waals surface area contributed by atoms with E-state index in [0.29, 0.717) is 0 Å². The molecular formula is C18H20ClN. The third-order valence-electron chi connectivity index (χ3n) is 4.12. The van der Waals surface area contributed by atoms with Crippen molar-refractivity contribution >= 4 is 17.3 Å². The molecule has 0 spiro atoms. The van der Waals surface area contributed by atoms with Gasteiger partial charge in [0, 0.05) is 6.04 Å². The van der Waals surface area contributed by atoms with Gasteiger partial charge in [0.1, 0.15) is 0 Å². The van der Waals surface area contributed by atoms with Gasteiger partial charge in [-0.3, -0.25) is 0 Å². The Hall–Kier alpha value is -1.47. The van der Waals surface area contributed by atoms with Crippen molar-refractivity contribution in [3.8, 4) is 0 Å². The zero-order valence-corrected chi connectivity index (χ0v) is 12.6. The van der Waals surface area contributed by atoms with E-state index in [1.165, 1.54) is 42.4 Å². The molecule has 1 aliphatic rings. The molecule has 104 valence electrons. The van der Waals surface area contributed by atoms with Crippen LogP contribution in [-0.4, -0.2) is 0 Å². The summed E-state index contributed by atoms with van der Waals surface area (Å²) in [7, 11) is 0. The first kappa shape index (κ1) is 13.5. The molecule has 2 aromatic carbocycles. The van der Waals surface area contributed by atoms with Crippen molar-refractivity contribution in [2.45, 2.75) is 38.6 Å². The lowest BCUT2D eigenvalue weighted by atomic mass is 9.89. The lowest BCUT2D eigenvalue weighted by Gasteiger charge is -2.21. The predicted octanol–water partition coefficient (Wildman–Crippen LogP) is 5.39. The fraction of sp³-hybridized carbons (Fsp3) is 0.333. The monoisotopic (exact) mass is 285 g/mol.